The van der Waals surface area contributed by atoms with E-state index in [1.54, 1.807) is 12.1 Å². The average molecular weight is 402 g/mol. The zero-order valence-electron chi connectivity index (χ0n) is 15.4. The summed E-state index contributed by atoms with van der Waals surface area (Å²) in [6.07, 6.45) is 6.02. The molecule has 3 atom stereocenters. The van der Waals surface area contributed by atoms with Crippen molar-refractivity contribution in [3.05, 3.63) is 51.2 Å². The van der Waals surface area contributed by atoms with E-state index in [9.17, 15) is 14.9 Å². The van der Waals surface area contributed by atoms with Crippen molar-refractivity contribution in [2.45, 2.75) is 32.6 Å². The van der Waals surface area contributed by atoms with Crippen LogP contribution in [0.15, 0.2) is 39.9 Å². The van der Waals surface area contributed by atoms with E-state index >= 15 is 0 Å². The number of nitro benzene ring substituents is 1. The molecule has 2 aliphatic rings. The third-order valence-corrected chi connectivity index (χ3v) is 6.36. The van der Waals surface area contributed by atoms with Gasteiger partial charge in [-0.1, -0.05) is 31.4 Å². The molecule has 0 aliphatic heterocycles. The van der Waals surface area contributed by atoms with Gasteiger partial charge in [0.15, 0.2) is 0 Å². The fraction of sp³-hybridized carbons (Fsp3) is 0.400. The molecule has 1 N–H and O–H groups in total. The van der Waals surface area contributed by atoms with Gasteiger partial charge in [0.25, 0.3) is 5.69 Å². The maximum Gasteiger partial charge on any atom is 0.270 e. The number of non-ortho nitro benzene ring substituents is 1. The molecule has 8 heteroatoms. The number of nitrogens with zero attached hydrogens (tertiary/aromatic N) is 2. The van der Waals surface area contributed by atoms with E-state index in [2.05, 4.69) is 17.5 Å². The molecule has 1 heterocycles. The average Bonchev–Trinajstić information content (AvgIpc) is 3.03. The third kappa shape index (κ3) is 3.30. The van der Waals surface area contributed by atoms with E-state index in [4.69, 9.17) is 16.0 Å². The molecule has 0 saturated heterocycles. The molecular formula is C20H20ClN3O4. The van der Waals surface area contributed by atoms with Crippen LogP contribution in [0.3, 0.4) is 0 Å². The number of halogens is 1. The first-order valence-electron chi connectivity index (χ1n) is 9.27. The lowest BCUT2D eigenvalue weighted by Gasteiger charge is -2.15. The standard InChI is InChI=1S/C20H20ClN3O4/c1-20-9-3-2-4-15(20)18(20)19(25)23-22-11-13-6-8-17(28-13)14-10-12(24(26)27)5-7-16(14)21/h5-8,10-11,15,18H,2-4,9H2,1H3,(H,23,25)/b22-11+/t15-,18-,20-/m0/s1. The molecule has 1 aromatic heterocycles. The number of carbonyl (C=O) groups excluding carboxylic acids is 1. The van der Waals surface area contributed by atoms with Crippen LogP contribution >= 0.6 is 11.6 Å². The van der Waals surface area contributed by atoms with Crippen molar-refractivity contribution in [1.82, 2.24) is 5.43 Å². The molecule has 2 fully saturated rings. The second kappa shape index (κ2) is 7.05. The fourth-order valence-electron chi connectivity index (χ4n) is 4.46. The van der Waals surface area contributed by atoms with Gasteiger partial charge in [0.1, 0.15) is 11.5 Å². The number of nitrogens with one attached hydrogen (secondary N) is 1. The molecular weight excluding hydrogens is 382 g/mol. The lowest BCUT2D eigenvalue weighted by Crippen LogP contribution is -2.22. The Morgan fingerprint density at radius 2 is 2.21 bits per heavy atom. The SMILES string of the molecule is C[C@]12CCCC[C@H]1[C@H]2C(=O)N/N=C/c1ccc(-c2cc([N+](=O)[O-])ccc2Cl)o1. The molecule has 2 saturated carbocycles. The number of nitro groups is 1. The van der Waals surface area contributed by atoms with E-state index in [0.717, 1.165) is 12.8 Å². The number of fused-ring (bicyclic) bond motifs is 1. The number of furan rings is 1. The van der Waals surface area contributed by atoms with Gasteiger partial charge in [-0.05, 0) is 42.4 Å². The van der Waals surface area contributed by atoms with Gasteiger partial charge in [-0.3, -0.25) is 14.9 Å². The zero-order chi connectivity index (χ0) is 19.9. The smallest absolute Gasteiger partial charge is 0.270 e. The van der Waals surface area contributed by atoms with Gasteiger partial charge < -0.3 is 4.42 Å². The fourth-order valence-corrected chi connectivity index (χ4v) is 4.67. The Labute approximate surface area is 166 Å². The number of hydrazone groups is 1. The van der Waals surface area contributed by atoms with Crippen LogP contribution in [0.1, 0.15) is 38.4 Å². The molecule has 1 aromatic carbocycles. The maximum atomic E-state index is 12.4. The molecule has 2 aliphatic carbocycles. The van der Waals surface area contributed by atoms with E-state index in [1.807, 2.05) is 0 Å². The largest absolute Gasteiger partial charge is 0.455 e. The Morgan fingerprint density at radius 3 is 2.93 bits per heavy atom. The predicted octanol–water partition coefficient (Wildman–Crippen LogP) is 4.78. The van der Waals surface area contributed by atoms with Crippen LogP contribution in [-0.4, -0.2) is 17.0 Å². The number of hydrogen-bond donors (Lipinski definition) is 1. The molecule has 7 nitrogen and oxygen atoms in total. The summed E-state index contributed by atoms with van der Waals surface area (Å²) in [5.74, 6) is 1.28. The monoisotopic (exact) mass is 401 g/mol. The van der Waals surface area contributed by atoms with Gasteiger partial charge in [-0.2, -0.15) is 5.10 Å². The normalized spacial score (nSPS) is 26.1. The van der Waals surface area contributed by atoms with Crippen LogP contribution in [0, 0.1) is 27.4 Å². The van der Waals surface area contributed by atoms with Crippen LogP contribution in [0.4, 0.5) is 5.69 Å². The first kappa shape index (κ1) is 18.7. The van der Waals surface area contributed by atoms with E-state index in [1.165, 1.54) is 37.3 Å². The predicted molar refractivity (Wildman–Crippen MR) is 105 cm³/mol. The Bertz CT molecular complexity index is 970. The van der Waals surface area contributed by atoms with Gasteiger partial charge >= 0.3 is 0 Å². The van der Waals surface area contributed by atoms with Crippen molar-refractivity contribution in [2.75, 3.05) is 0 Å². The quantitative estimate of drug-likeness (QED) is 0.442. The molecule has 4 rings (SSSR count). The molecule has 2 aromatic rings. The van der Waals surface area contributed by atoms with Gasteiger partial charge in [0, 0.05) is 23.6 Å². The Hall–Kier alpha value is -2.67. The van der Waals surface area contributed by atoms with Gasteiger partial charge in [-0.15, -0.1) is 0 Å². The highest BCUT2D eigenvalue weighted by Gasteiger charge is 2.64. The minimum Gasteiger partial charge on any atom is -0.455 e. The Kier molecular flexibility index (Phi) is 4.71. The summed E-state index contributed by atoms with van der Waals surface area (Å²) in [6, 6.07) is 7.48. The summed E-state index contributed by atoms with van der Waals surface area (Å²) in [4.78, 5) is 22.9. The lowest BCUT2D eigenvalue weighted by atomic mass is 9.90. The van der Waals surface area contributed by atoms with Crippen molar-refractivity contribution in [2.24, 2.45) is 22.4 Å². The van der Waals surface area contributed by atoms with Crippen molar-refractivity contribution in [3.8, 4) is 11.3 Å². The molecule has 1 amide bonds. The summed E-state index contributed by atoms with van der Waals surface area (Å²) < 4.78 is 5.65. The minimum absolute atomic E-state index is 0.0424. The highest BCUT2D eigenvalue weighted by atomic mass is 35.5. The molecule has 28 heavy (non-hydrogen) atoms. The number of carbonyl (C=O) groups is 1. The summed E-state index contributed by atoms with van der Waals surface area (Å²) in [6.45, 7) is 2.19. The van der Waals surface area contributed by atoms with Crippen molar-refractivity contribution < 1.29 is 14.1 Å². The number of benzene rings is 1. The Morgan fingerprint density at radius 1 is 1.39 bits per heavy atom. The van der Waals surface area contributed by atoms with Gasteiger partial charge in [0.05, 0.1) is 16.2 Å². The number of rotatable bonds is 5. The van der Waals surface area contributed by atoms with Crippen molar-refractivity contribution >= 4 is 29.4 Å². The second-order valence-electron chi connectivity index (χ2n) is 7.69. The van der Waals surface area contributed by atoms with Gasteiger partial charge in [-0.25, -0.2) is 5.43 Å². The summed E-state index contributed by atoms with van der Waals surface area (Å²) >= 11 is 6.13. The van der Waals surface area contributed by atoms with Crippen molar-refractivity contribution in [1.29, 1.82) is 0 Å². The second-order valence-corrected chi connectivity index (χ2v) is 8.10. The summed E-state index contributed by atoms with van der Waals surface area (Å²) in [5.41, 5.74) is 3.10. The molecule has 0 unspecified atom stereocenters. The molecule has 146 valence electrons. The van der Waals surface area contributed by atoms with Crippen LogP contribution < -0.4 is 5.43 Å². The highest BCUT2D eigenvalue weighted by molar-refractivity contribution is 6.33. The van der Waals surface area contributed by atoms with Crippen LogP contribution in [0.5, 0.6) is 0 Å². The Balaban J connectivity index is 1.42. The third-order valence-electron chi connectivity index (χ3n) is 6.03. The van der Waals surface area contributed by atoms with E-state index in [-0.39, 0.29) is 22.9 Å². The first-order chi connectivity index (χ1) is 13.4. The number of amides is 1. The molecule has 0 radical (unpaired) electrons. The van der Waals surface area contributed by atoms with Crippen LogP contribution in [0.25, 0.3) is 11.3 Å². The summed E-state index contributed by atoms with van der Waals surface area (Å²) in [7, 11) is 0. The highest BCUT2D eigenvalue weighted by Crippen LogP contribution is 2.66. The minimum atomic E-state index is -0.489. The van der Waals surface area contributed by atoms with Gasteiger partial charge in [0.2, 0.25) is 5.91 Å². The zero-order valence-corrected chi connectivity index (χ0v) is 16.1. The van der Waals surface area contributed by atoms with E-state index in [0.29, 0.717) is 28.0 Å². The first-order valence-corrected chi connectivity index (χ1v) is 9.65. The lowest BCUT2D eigenvalue weighted by molar-refractivity contribution is -0.384. The van der Waals surface area contributed by atoms with Crippen LogP contribution in [-0.2, 0) is 4.79 Å². The van der Waals surface area contributed by atoms with Crippen LogP contribution in [0.2, 0.25) is 5.02 Å². The molecule has 0 spiro atoms. The summed E-state index contributed by atoms with van der Waals surface area (Å²) in [5, 5.41) is 15.3. The van der Waals surface area contributed by atoms with E-state index < -0.39 is 4.92 Å². The number of hydrogen-bond acceptors (Lipinski definition) is 5. The van der Waals surface area contributed by atoms with Crippen molar-refractivity contribution in [3.63, 3.8) is 0 Å². The topological polar surface area (TPSA) is 97.7 Å². The molecule has 0 bridgehead atoms. The maximum absolute atomic E-state index is 12.4.